The van der Waals surface area contributed by atoms with Gasteiger partial charge in [-0.3, -0.25) is 0 Å². The molecule has 0 aromatic heterocycles. The van der Waals surface area contributed by atoms with Gasteiger partial charge in [0, 0.05) is 16.6 Å². The lowest BCUT2D eigenvalue weighted by Gasteiger charge is -2.14. The summed E-state index contributed by atoms with van der Waals surface area (Å²) >= 11 is 5.89. The lowest BCUT2D eigenvalue weighted by Crippen LogP contribution is -2.32. The predicted molar refractivity (Wildman–Crippen MR) is 100 cm³/mol. The maximum absolute atomic E-state index is 13.8. The molecule has 138 valence electrons. The Balaban J connectivity index is 0.00000288. The molecule has 0 bridgehead atoms. The number of aliphatic hydroxyl groups is 1. The summed E-state index contributed by atoms with van der Waals surface area (Å²) in [6, 6.07) is 11.0. The van der Waals surface area contributed by atoms with Gasteiger partial charge in [-0.1, -0.05) is 50.7 Å². The number of benzene rings is 2. The Bertz CT molecular complexity index is 692. The van der Waals surface area contributed by atoms with E-state index in [0.717, 1.165) is 5.56 Å². The third-order valence-corrected chi connectivity index (χ3v) is 3.74. The van der Waals surface area contributed by atoms with Crippen LogP contribution in [0.5, 0.6) is 0 Å². The maximum atomic E-state index is 13.8. The lowest BCUT2D eigenvalue weighted by molar-refractivity contribution is -0.147. The second-order valence-corrected chi connectivity index (χ2v) is 5.81. The van der Waals surface area contributed by atoms with Gasteiger partial charge in [-0.2, -0.15) is 0 Å². The fraction of sp³-hybridized carbons (Fsp3) is 0.316. The van der Waals surface area contributed by atoms with Gasteiger partial charge in [-0.15, -0.1) is 0 Å². The second-order valence-electron chi connectivity index (χ2n) is 5.38. The molecule has 0 aliphatic heterocycles. The van der Waals surface area contributed by atoms with Crippen molar-refractivity contribution in [2.75, 3.05) is 0 Å². The van der Waals surface area contributed by atoms with Crippen LogP contribution in [0.4, 0.5) is 4.39 Å². The average molecular weight is 370 g/mol. The zero-order valence-corrected chi connectivity index (χ0v) is 13.0. The number of hydrogen-bond donors (Lipinski definition) is 3. The standard InChI is InChI=1S/C17H17ClFNO3.2CH4/c18-12-5-6-15(19)14(8-12)11-3-1-10(2-4-11)7-13(20)9-16(21)17(22)23;;/h1-6,8,13,16,21H,7,9,20H2,(H,22,23);2*1H4/t13-,16-;;/m1../s1. The van der Waals surface area contributed by atoms with Gasteiger partial charge < -0.3 is 15.9 Å². The highest BCUT2D eigenvalue weighted by Gasteiger charge is 2.17. The SMILES string of the molecule is C.C.N[C@H](Cc1ccc(-c2cc(Cl)ccc2F)cc1)C[C@@H](O)C(=O)O. The highest BCUT2D eigenvalue weighted by molar-refractivity contribution is 6.30. The topological polar surface area (TPSA) is 83.5 Å². The van der Waals surface area contributed by atoms with E-state index in [-0.39, 0.29) is 27.1 Å². The third-order valence-electron chi connectivity index (χ3n) is 3.50. The smallest absolute Gasteiger partial charge is 0.332 e. The molecular weight excluding hydrogens is 345 g/mol. The predicted octanol–water partition coefficient (Wildman–Crippen LogP) is 4.12. The van der Waals surface area contributed by atoms with E-state index < -0.39 is 18.1 Å². The van der Waals surface area contributed by atoms with Crippen LogP contribution >= 0.6 is 11.6 Å². The van der Waals surface area contributed by atoms with Crippen molar-refractivity contribution in [1.82, 2.24) is 0 Å². The van der Waals surface area contributed by atoms with Crippen molar-refractivity contribution in [1.29, 1.82) is 0 Å². The molecule has 0 saturated heterocycles. The molecular formula is C19H25ClFNO3. The average Bonchev–Trinajstić information content (AvgIpc) is 2.50. The number of hydrogen-bond acceptors (Lipinski definition) is 3. The Kier molecular flexibility index (Phi) is 9.34. The van der Waals surface area contributed by atoms with Crippen LogP contribution in [0, 0.1) is 5.82 Å². The summed E-state index contributed by atoms with van der Waals surface area (Å²) in [7, 11) is 0. The number of nitrogens with two attached hydrogens (primary N) is 1. The molecule has 4 nitrogen and oxygen atoms in total. The van der Waals surface area contributed by atoms with Crippen molar-refractivity contribution in [3.63, 3.8) is 0 Å². The Labute approximate surface area is 153 Å². The molecule has 6 heteroatoms. The molecule has 0 radical (unpaired) electrons. The molecule has 2 atom stereocenters. The number of carboxylic acid groups (broad SMARTS) is 1. The van der Waals surface area contributed by atoms with Gasteiger partial charge in [0.15, 0.2) is 6.10 Å². The van der Waals surface area contributed by atoms with E-state index in [1.165, 1.54) is 12.1 Å². The number of halogens is 2. The van der Waals surface area contributed by atoms with Gasteiger partial charge in [0.05, 0.1) is 0 Å². The van der Waals surface area contributed by atoms with Crippen LogP contribution < -0.4 is 5.73 Å². The number of carboxylic acids is 1. The van der Waals surface area contributed by atoms with Crippen LogP contribution in [0.2, 0.25) is 5.02 Å². The molecule has 0 aliphatic carbocycles. The van der Waals surface area contributed by atoms with Gasteiger partial charge in [0.2, 0.25) is 0 Å². The summed E-state index contributed by atoms with van der Waals surface area (Å²) in [5.74, 6) is -1.64. The number of aliphatic carboxylic acids is 1. The lowest BCUT2D eigenvalue weighted by atomic mass is 9.98. The van der Waals surface area contributed by atoms with Crippen LogP contribution in [0.1, 0.15) is 26.8 Å². The number of carbonyl (C=O) groups is 1. The summed E-state index contributed by atoms with van der Waals surface area (Å²) in [5.41, 5.74) is 7.81. The highest BCUT2D eigenvalue weighted by Crippen LogP contribution is 2.26. The first-order valence-corrected chi connectivity index (χ1v) is 7.45. The van der Waals surface area contributed by atoms with Crippen LogP contribution in [-0.4, -0.2) is 28.3 Å². The summed E-state index contributed by atoms with van der Waals surface area (Å²) in [5, 5.41) is 18.4. The zero-order valence-electron chi connectivity index (χ0n) is 12.2. The van der Waals surface area contributed by atoms with E-state index >= 15 is 0 Å². The first-order chi connectivity index (χ1) is 10.9. The van der Waals surface area contributed by atoms with E-state index in [4.69, 9.17) is 22.4 Å². The number of rotatable bonds is 6. The molecule has 0 unspecified atom stereocenters. The molecule has 0 aliphatic rings. The van der Waals surface area contributed by atoms with Crippen LogP contribution in [0.3, 0.4) is 0 Å². The molecule has 25 heavy (non-hydrogen) atoms. The first-order valence-electron chi connectivity index (χ1n) is 7.07. The third kappa shape index (κ3) is 6.46. The molecule has 2 aromatic carbocycles. The summed E-state index contributed by atoms with van der Waals surface area (Å²) in [4.78, 5) is 10.6. The monoisotopic (exact) mass is 369 g/mol. The normalized spacial score (nSPS) is 12.5. The Morgan fingerprint density at radius 1 is 1.16 bits per heavy atom. The van der Waals surface area contributed by atoms with E-state index in [2.05, 4.69) is 0 Å². The minimum atomic E-state index is -1.47. The Morgan fingerprint density at radius 2 is 1.76 bits per heavy atom. The van der Waals surface area contributed by atoms with Gasteiger partial charge in [-0.25, -0.2) is 9.18 Å². The van der Waals surface area contributed by atoms with E-state index in [9.17, 15) is 14.3 Å². The van der Waals surface area contributed by atoms with Crippen molar-refractivity contribution >= 4 is 17.6 Å². The van der Waals surface area contributed by atoms with Crippen LogP contribution in [0.15, 0.2) is 42.5 Å². The fourth-order valence-corrected chi connectivity index (χ4v) is 2.48. The molecule has 2 rings (SSSR count). The van der Waals surface area contributed by atoms with E-state index in [1.807, 2.05) is 0 Å². The van der Waals surface area contributed by atoms with Gasteiger partial charge in [0.1, 0.15) is 5.82 Å². The van der Waals surface area contributed by atoms with Crippen molar-refractivity contribution in [3.05, 3.63) is 58.9 Å². The molecule has 0 amide bonds. The van der Waals surface area contributed by atoms with Crippen LogP contribution in [-0.2, 0) is 11.2 Å². The molecule has 0 spiro atoms. The molecule has 0 heterocycles. The molecule has 0 fully saturated rings. The Hall–Kier alpha value is -1.95. The minimum absolute atomic E-state index is 0. The molecule has 4 N–H and O–H groups in total. The maximum Gasteiger partial charge on any atom is 0.332 e. The summed E-state index contributed by atoms with van der Waals surface area (Å²) < 4.78 is 13.8. The largest absolute Gasteiger partial charge is 0.479 e. The van der Waals surface area contributed by atoms with Gasteiger partial charge in [-0.05, 0) is 42.2 Å². The zero-order chi connectivity index (χ0) is 17.0. The van der Waals surface area contributed by atoms with Crippen molar-refractivity contribution in [3.8, 4) is 11.1 Å². The van der Waals surface area contributed by atoms with Gasteiger partial charge >= 0.3 is 5.97 Å². The van der Waals surface area contributed by atoms with Crippen LogP contribution in [0.25, 0.3) is 11.1 Å². The summed E-state index contributed by atoms with van der Waals surface area (Å²) in [6.45, 7) is 0. The van der Waals surface area contributed by atoms with E-state index in [0.29, 0.717) is 22.6 Å². The Morgan fingerprint density at radius 3 is 2.32 bits per heavy atom. The van der Waals surface area contributed by atoms with E-state index in [1.54, 1.807) is 30.3 Å². The van der Waals surface area contributed by atoms with Crippen molar-refractivity contribution < 1.29 is 19.4 Å². The fourth-order valence-electron chi connectivity index (χ4n) is 2.31. The minimum Gasteiger partial charge on any atom is -0.479 e. The number of aliphatic hydroxyl groups excluding tert-OH is 1. The quantitative estimate of drug-likeness (QED) is 0.715. The van der Waals surface area contributed by atoms with Gasteiger partial charge in [0.25, 0.3) is 0 Å². The molecule has 2 aromatic rings. The second kappa shape index (κ2) is 10.1. The van der Waals surface area contributed by atoms with Crippen molar-refractivity contribution in [2.24, 2.45) is 5.73 Å². The molecule has 0 saturated carbocycles. The summed E-state index contributed by atoms with van der Waals surface area (Å²) in [6.07, 6.45) is -1.08. The van der Waals surface area contributed by atoms with Crippen molar-refractivity contribution in [2.45, 2.75) is 39.8 Å². The highest BCUT2D eigenvalue weighted by atomic mass is 35.5. The first kappa shape index (κ1) is 23.1.